The van der Waals surface area contributed by atoms with E-state index in [1.54, 1.807) is 0 Å². The van der Waals surface area contributed by atoms with Crippen LogP contribution >= 0.6 is 0 Å². The number of nitrogens with two attached hydrogens (primary N) is 1. The van der Waals surface area contributed by atoms with Gasteiger partial charge in [-0.1, -0.05) is 0 Å². The number of nitrogens with zero attached hydrogens (tertiary/aromatic N) is 2. The molecule has 0 aromatic rings. The van der Waals surface area contributed by atoms with Gasteiger partial charge in [0.1, 0.15) is 0 Å². The fourth-order valence-electron chi connectivity index (χ4n) is 2.76. The van der Waals surface area contributed by atoms with E-state index in [1.165, 1.54) is 19.4 Å². The Morgan fingerprint density at radius 3 is 2.94 bits per heavy atom. The normalized spacial score (nSPS) is 33.4. The molecule has 2 rings (SSSR count). The third-order valence-electron chi connectivity index (χ3n) is 3.85. The molecule has 2 aliphatic heterocycles. The molecule has 2 atom stereocenters. The van der Waals surface area contributed by atoms with Crippen molar-refractivity contribution < 1.29 is 4.74 Å². The quantitative estimate of drug-likeness (QED) is 0.741. The van der Waals surface area contributed by atoms with Crippen LogP contribution in [-0.4, -0.2) is 68.3 Å². The SMILES string of the molecule is CN1CCN(CC2CCCO2)CC1CCN. The van der Waals surface area contributed by atoms with Gasteiger partial charge in [0.05, 0.1) is 6.10 Å². The Kier molecular flexibility index (Phi) is 4.58. The summed E-state index contributed by atoms with van der Waals surface area (Å²) in [5.41, 5.74) is 5.66. The standard InChI is InChI=1S/C12H25N3O/c1-14-6-7-15(9-11(14)4-5-13)10-12-3-2-8-16-12/h11-12H,2-10,13H2,1H3. The first-order chi connectivity index (χ1) is 7.79. The highest BCUT2D eigenvalue weighted by atomic mass is 16.5. The third kappa shape index (κ3) is 3.17. The Hall–Kier alpha value is -0.160. The Balaban J connectivity index is 1.77. The number of rotatable bonds is 4. The lowest BCUT2D eigenvalue weighted by atomic mass is 10.1. The van der Waals surface area contributed by atoms with Gasteiger partial charge in [-0.05, 0) is 32.9 Å². The second-order valence-electron chi connectivity index (χ2n) is 5.11. The van der Waals surface area contributed by atoms with Gasteiger partial charge in [-0.25, -0.2) is 0 Å². The van der Waals surface area contributed by atoms with Crippen molar-refractivity contribution in [3.63, 3.8) is 0 Å². The van der Waals surface area contributed by atoms with Crippen LogP contribution in [0.2, 0.25) is 0 Å². The van der Waals surface area contributed by atoms with E-state index < -0.39 is 0 Å². The molecule has 2 fully saturated rings. The van der Waals surface area contributed by atoms with E-state index in [9.17, 15) is 0 Å². The van der Waals surface area contributed by atoms with Crippen molar-refractivity contribution in [3.8, 4) is 0 Å². The van der Waals surface area contributed by atoms with Crippen molar-refractivity contribution in [2.24, 2.45) is 5.73 Å². The first-order valence-electron chi connectivity index (χ1n) is 6.54. The van der Waals surface area contributed by atoms with Gasteiger partial charge >= 0.3 is 0 Å². The summed E-state index contributed by atoms with van der Waals surface area (Å²) < 4.78 is 5.70. The summed E-state index contributed by atoms with van der Waals surface area (Å²) >= 11 is 0. The molecular weight excluding hydrogens is 202 g/mol. The number of hydrogen-bond donors (Lipinski definition) is 1. The Morgan fingerprint density at radius 2 is 2.25 bits per heavy atom. The molecule has 2 heterocycles. The lowest BCUT2D eigenvalue weighted by Crippen LogP contribution is -2.53. The maximum Gasteiger partial charge on any atom is 0.0702 e. The van der Waals surface area contributed by atoms with Crippen molar-refractivity contribution in [1.82, 2.24) is 9.80 Å². The number of hydrogen-bond acceptors (Lipinski definition) is 4. The molecule has 0 spiro atoms. The van der Waals surface area contributed by atoms with Gasteiger partial charge in [0.2, 0.25) is 0 Å². The monoisotopic (exact) mass is 227 g/mol. The number of likely N-dealkylation sites (N-methyl/N-ethyl adjacent to an activating group) is 1. The molecule has 94 valence electrons. The second-order valence-corrected chi connectivity index (χ2v) is 5.11. The lowest BCUT2D eigenvalue weighted by molar-refractivity contribution is 0.0346. The van der Waals surface area contributed by atoms with Crippen LogP contribution in [0.25, 0.3) is 0 Å². The Labute approximate surface area is 98.7 Å². The molecule has 4 heteroatoms. The molecule has 0 bridgehead atoms. The van der Waals surface area contributed by atoms with E-state index in [0.29, 0.717) is 12.1 Å². The first-order valence-corrected chi connectivity index (χ1v) is 6.54. The molecule has 2 saturated heterocycles. The first kappa shape index (κ1) is 12.3. The molecule has 4 nitrogen and oxygen atoms in total. The maximum atomic E-state index is 5.70. The molecule has 16 heavy (non-hydrogen) atoms. The second kappa shape index (κ2) is 5.96. The zero-order valence-corrected chi connectivity index (χ0v) is 10.4. The van der Waals surface area contributed by atoms with Crippen LogP contribution in [0.4, 0.5) is 0 Å². The van der Waals surface area contributed by atoms with Crippen molar-refractivity contribution >= 4 is 0 Å². The summed E-state index contributed by atoms with van der Waals surface area (Å²) in [7, 11) is 2.21. The molecule has 2 unspecified atom stereocenters. The summed E-state index contributed by atoms with van der Waals surface area (Å²) in [6.45, 7) is 6.38. The average Bonchev–Trinajstić information content (AvgIpc) is 2.76. The van der Waals surface area contributed by atoms with Crippen molar-refractivity contribution in [2.75, 3.05) is 46.4 Å². The molecule has 0 saturated carbocycles. The van der Waals surface area contributed by atoms with E-state index >= 15 is 0 Å². The van der Waals surface area contributed by atoms with Gasteiger partial charge in [-0.2, -0.15) is 0 Å². The molecule has 0 aromatic heterocycles. The van der Waals surface area contributed by atoms with E-state index in [-0.39, 0.29) is 0 Å². The fraction of sp³-hybridized carbons (Fsp3) is 1.00. The van der Waals surface area contributed by atoms with Crippen LogP contribution in [0.15, 0.2) is 0 Å². The Bertz CT molecular complexity index is 206. The molecule has 2 aliphatic rings. The minimum Gasteiger partial charge on any atom is -0.377 e. The van der Waals surface area contributed by atoms with Crippen molar-refractivity contribution in [2.45, 2.75) is 31.4 Å². The zero-order valence-electron chi connectivity index (χ0n) is 10.4. The molecular formula is C12H25N3O. The minimum absolute atomic E-state index is 0.488. The highest BCUT2D eigenvalue weighted by Crippen LogP contribution is 2.16. The number of piperazine rings is 1. The van der Waals surface area contributed by atoms with Crippen molar-refractivity contribution in [3.05, 3.63) is 0 Å². The summed E-state index contributed by atoms with van der Waals surface area (Å²) in [6.07, 6.45) is 4.08. The smallest absolute Gasteiger partial charge is 0.0702 e. The molecule has 0 aromatic carbocycles. The van der Waals surface area contributed by atoms with E-state index in [0.717, 1.165) is 39.2 Å². The van der Waals surface area contributed by atoms with Gasteiger partial charge in [0, 0.05) is 38.8 Å². The zero-order chi connectivity index (χ0) is 11.4. The predicted molar refractivity (Wildman–Crippen MR) is 65.5 cm³/mol. The van der Waals surface area contributed by atoms with Crippen LogP contribution < -0.4 is 5.73 Å². The largest absolute Gasteiger partial charge is 0.377 e. The maximum absolute atomic E-state index is 5.70. The van der Waals surface area contributed by atoms with Gasteiger partial charge in [-0.15, -0.1) is 0 Å². The number of ether oxygens (including phenoxy) is 1. The van der Waals surface area contributed by atoms with E-state index in [1.807, 2.05) is 0 Å². The molecule has 0 radical (unpaired) electrons. The summed E-state index contributed by atoms with van der Waals surface area (Å²) in [5, 5.41) is 0. The Morgan fingerprint density at radius 1 is 1.38 bits per heavy atom. The average molecular weight is 227 g/mol. The third-order valence-corrected chi connectivity index (χ3v) is 3.85. The van der Waals surface area contributed by atoms with Gasteiger partial charge in [0.15, 0.2) is 0 Å². The van der Waals surface area contributed by atoms with Crippen LogP contribution in [0.3, 0.4) is 0 Å². The summed E-state index contributed by atoms with van der Waals surface area (Å²) in [5.74, 6) is 0. The van der Waals surface area contributed by atoms with Crippen LogP contribution in [0.1, 0.15) is 19.3 Å². The van der Waals surface area contributed by atoms with Crippen molar-refractivity contribution in [1.29, 1.82) is 0 Å². The molecule has 0 aliphatic carbocycles. The van der Waals surface area contributed by atoms with Crippen LogP contribution in [0, 0.1) is 0 Å². The fourth-order valence-corrected chi connectivity index (χ4v) is 2.76. The predicted octanol–water partition coefficient (Wildman–Crippen LogP) is 0.130. The highest BCUT2D eigenvalue weighted by Gasteiger charge is 2.26. The van der Waals surface area contributed by atoms with Gasteiger partial charge in [0.25, 0.3) is 0 Å². The highest BCUT2D eigenvalue weighted by molar-refractivity contribution is 4.82. The molecule has 0 amide bonds. The lowest BCUT2D eigenvalue weighted by Gasteiger charge is -2.40. The topological polar surface area (TPSA) is 41.7 Å². The summed E-state index contributed by atoms with van der Waals surface area (Å²) in [4.78, 5) is 5.00. The van der Waals surface area contributed by atoms with E-state index in [4.69, 9.17) is 10.5 Å². The van der Waals surface area contributed by atoms with Crippen LogP contribution in [-0.2, 0) is 4.74 Å². The molecule has 2 N–H and O–H groups in total. The van der Waals surface area contributed by atoms with Gasteiger partial charge < -0.3 is 15.4 Å². The van der Waals surface area contributed by atoms with E-state index in [2.05, 4.69) is 16.8 Å². The minimum atomic E-state index is 0.488. The van der Waals surface area contributed by atoms with Crippen LogP contribution in [0.5, 0.6) is 0 Å². The van der Waals surface area contributed by atoms with Gasteiger partial charge in [-0.3, -0.25) is 4.90 Å². The summed E-state index contributed by atoms with van der Waals surface area (Å²) in [6, 6.07) is 0.639.